The highest BCUT2D eigenvalue weighted by Gasteiger charge is 2.14. The number of nitrogens with one attached hydrogen (secondary N) is 1. The highest BCUT2D eigenvalue weighted by Crippen LogP contribution is 2.33. The summed E-state index contributed by atoms with van der Waals surface area (Å²) in [5.41, 5.74) is 3.41. The second kappa shape index (κ2) is 8.78. The van der Waals surface area contributed by atoms with Crippen molar-refractivity contribution >= 4 is 28.6 Å². The van der Waals surface area contributed by atoms with E-state index >= 15 is 0 Å². The number of benzene rings is 3. The molecule has 156 valence electrons. The van der Waals surface area contributed by atoms with E-state index in [1.165, 1.54) is 16.5 Å². The molecule has 0 unspecified atom stereocenters. The summed E-state index contributed by atoms with van der Waals surface area (Å²) in [6.45, 7) is 1.52. The first kappa shape index (κ1) is 19.6. The van der Waals surface area contributed by atoms with Crippen LogP contribution in [0.1, 0.15) is 11.1 Å². The van der Waals surface area contributed by atoms with E-state index in [4.69, 9.17) is 9.47 Å². The van der Waals surface area contributed by atoms with Gasteiger partial charge in [-0.15, -0.1) is 11.8 Å². The zero-order valence-electron chi connectivity index (χ0n) is 16.9. The summed E-state index contributed by atoms with van der Waals surface area (Å²) in [7, 11) is 0. The summed E-state index contributed by atoms with van der Waals surface area (Å²) >= 11 is 1.57. The summed E-state index contributed by atoms with van der Waals surface area (Å²) in [4.78, 5) is 13.6. The molecule has 5 nitrogen and oxygen atoms in total. The third kappa shape index (κ3) is 4.39. The average molecular weight is 431 g/mol. The maximum absolute atomic E-state index is 12.5. The molecule has 6 heteroatoms. The number of nitrogens with zero attached hydrogens (tertiary/aromatic N) is 1. The van der Waals surface area contributed by atoms with Gasteiger partial charge in [-0.05, 0) is 29.3 Å². The molecular weight excluding hydrogens is 408 g/mol. The number of hydrogen-bond donors (Lipinski definition) is 1. The third-order valence-corrected chi connectivity index (χ3v) is 6.28. The van der Waals surface area contributed by atoms with Crippen molar-refractivity contribution < 1.29 is 14.3 Å². The second-order valence-corrected chi connectivity index (χ2v) is 8.39. The van der Waals surface area contributed by atoms with Crippen LogP contribution in [0.3, 0.4) is 0 Å². The van der Waals surface area contributed by atoms with Gasteiger partial charge in [-0.3, -0.25) is 4.79 Å². The minimum Gasteiger partial charge on any atom is -0.454 e. The molecule has 5 rings (SSSR count). The predicted molar refractivity (Wildman–Crippen MR) is 123 cm³/mol. The highest BCUT2D eigenvalue weighted by atomic mass is 32.2. The van der Waals surface area contributed by atoms with Crippen LogP contribution in [0.5, 0.6) is 11.5 Å². The topological polar surface area (TPSA) is 52.5 Å². The number of hydrogen-bond acceptors (Lipinski definition) is 4. The van der Waals surface area contributed by atoms with Crippen molar-refractivity contribution in [3.05, 3.63) is 90.1 Å². The lowest BCUT2D eigenvalue weighted by Gasteiger charge is -2.06. The van der Waals surface area contributed by atoms with E-state index in [2.05, 4.69) is 58.5 Å². The molecule has 1 aliphatic rings. The summed E-state index contributed by atoms with van der Waals surface area (Å²) in [5, 5.41) is 4.17. The van der Waals surface area contributed by atoms with E-state index in [9.17, 15) is 4.79 Å². The highest BCUT2D eigenvalue weighted by molar-refractivity contribution is 8.00. The minimum atomic E-state index is 0.00237. The fourth-order valence-electron chi connectivity index (χ4n) is 3.68. The first-order valence-electron chi connectivity index (χ1n) is 10.2. The molecule has 3 aromatic carbocycles. The molecule has 31 heavy (non-hydrogen) atoms. The SMILES string of the molecule is O=C(CSc1cn(Cc2ccccc2)c2ccccc12)NCc1ccc2c(c1)OCO2. The van der Waals surface area contributed by atoms with Crippen LogP contribution < -0.4 is 14.8 Å². The van der Waals surface area contributed by atoms with Crippen molar-refractivity contribution in [2.75, 3.05) is 12.5 Å². The van der Waals surface area contributed by atoms with Crippen LogP contribution in [0.15, 0.2) is 83.9 Å². The lowest BCUT2D eigenvalue weighted by molar-refractivity contribution is -0.118. The van der Waals surface area contributed by atoms with Crippen LogP contribution in [0, 0.1) is 0 Å². The molecule has 1 amide bonds. The van der Waals surface area contributed by atoms with Crippen molar-refractivity contribution in [3.63, 3.8) is 0 Å². The number of thioether (sulfide) groups is 1. The molecule has 0 saturated carbocycles. The minimum absolute atomic E-state index is 0.00237. The standard InChI is InChI=1S/C25H22N2O3S/c28-25(26-13-19-10-11-22-23(12-19)30-17-29-22)16-31-24-15-27(14-18-6-2-1-3-7-18)21-9-5-4-8-20(21)24/h1-12,15H,13-14,16-17H2,(H,26,28). The van der Waals surface area contributed by atoms with Gasteiger partial charge in [0.1, 0.15) is 0 Å². The van der Waals surface area contributed by atoms with Crippen molar-refractivity contribution in [1.82, 2.24) is 9.88 Å². The molecule has 1 N–H and O–H groups in total. The van der Waals surface area contributed by atoms with Crippen LogP contribution in [-0.4, -0.2) is 23.0 Å². The quantitative estimate of drug-likeness (QED) is 0.427. The summed E-state index contributed by atoms with van der Waals surface area (Å²) < 4.78 is 13.0. The molecule has 0 saturated heterocycles. The molecule has 4 aromatic rings. The fourth-order valence-corrected chi connectivity index (χ4v) is 4.60. The van der Waals surface area contributed by atoms with Crippen molar-refractivity contribution in [2.24, 2.45) is 0 Å². The van der Waals surface area contributed by atoms with E-state index < -0.39 is 0 Å². The number of aromatic nitrogens is 1. The van der Waals surface area contributed by atoms with Gasteiger partial charge in [-0.2, -0.15) is 0 Å². The first-order chi connectivity index (χ1) is 15.3. The maximum atomic E-state index is 12.5. The Morgan fingerprint density at radius 1 is 0.935 bits per heavy atom. The van der Waals surface area contributed by atoms with Gasteiger partial charge in [0, 0.05) is 35.1 Å². The Hall–Kier alpha value is -3.38. The van der Waals surface area contributed by atoms with Gasteiger partial charge < -0.3 is 19.4 Å². The molecule has 0 atom stereocenters. The number of carbonyl (C=O) groups is 1. The molecule has 0 radical (unpaired) electrons. The molecular formula is C25H22N2O3S. The van der Waals surface area contributed by atoms with Crippen molar-refractivity contribution in [3.8, 4) is 11.5 Å². The number of para-hydroxylation sites is 1. The lowest BCUT2D eigenvalue weighted by atomic mass is 10.2. The Balaban J connectivity index is 1.23. The van der Waals surface area contributed by atoms with Crippen LogP contribution in [0.25, 0.3) is 10.9 Å². The van der Waals surface area contributed by atoms with Gasteiger partial charge in [-0.25, -0.2) is 0 Å². The molecule has 0 fully saturated rings. The van der Waals surface area contributed by atoms with Crippen molar-refractivity contribution in [1.29, 1.82) is 0 Å². The van der Waals surface area contributed by atoms with Gasteiger partial charge in [-0.1, -0.05) is 54.6 Å². The van der Waals surface area contributed by atoms with E-state index in [1.807, 2.05) is 30.3 Å². The molecule has 1 aromatic heterocycles. The van der Waals surface area contributed by atoms with Gasteiger partial charge >= 0.3 is 0 Å². The predicted octanol–water partition coefficient (Wildman–Crippen LogP) is 4.83. The Morgan fingerprint density at radius 2 is 1.74 bits per heavy atom. The number of ether oxygens (including phenoxy) is 2. The number of fused-ring (bicyclic) bond motifs is 2. The lowest BCUT2D eigenvalue weighted by Crippen LogP contribution is -2.24. The van der Waals surface area contributed by atoms with Gasteiger partial charge in [0.25, 0.3) is 0 Å². The number of rotatable bonds is 7. The zero-order chi connectivity index (χ0) is 21.0. The molecule has 0 bridgehead atoms. The average Bonchev–Trinajstić information content (AvgIpc) is 3.41. The Morgan fingerprint density at radius 3 is 2.65 bits per heavy atom. The Labute approximate surface area is 185 Å². The van der Waals surface area contributed by atoms with E-state index in [1.54, 1.807) is 11.8 Å². The van der Waals surface area contributed by atoms with Gasteiger partial charge in [0.15, 0.2) is 11.5 Å². The molecule has 1 aliphatic heterocycles. The normalized spacial score (nSPS) is 12.3. The van der Waals surface area contributed by atoms with E-state index in [0.717, 1.165) is 28.5 Å². The summed E-state index contributed by atoms with van der Waals surface area (Å²) in [6, 6.07) is 24.5. The smallest absolute Gasteiger partial charge is 0.231 e. The number of amides is 1. The van der Waals surface area contributed by atoms with Gasteiger partial charge in [0.05, 0.1) is 5.75 Å². The Bertz CT molecular complexity index is 1220. The van der Waals surface area contributed by atoms with Crippen LogP contribution in [0.2, 0.25) is 0 Å². The van der Waals surface area contributed by atoms with Crippen molar-refractivity contribution in [2.45, 2.75) is 18.0 Å². The number of carbonyl (C=O) groups excluding carboxylic acids is 1. The first-order valence-corrected chi connectivity index (χ1v) is 11.1. The molecule has 0 aliphatic carbocycles. The molecule has 0 spiro atoms. The molecule has 2 heterocycles. The monoisotopic (exact) mass is 430 g/mol. The summed E-state index contributed by atoms with van der Waals surface area (Å²) in [5.74, 6) is 1.84. The van der Waals surface area contributed by atoms with Crippen LogP contribution in [-0.2, 0) is 17.9 Å². The fraction of sp³-hybridized carbons (Fsp3) is 0.160. The Kier molecular flexibility index (Phi) is 5.54. The van der Waals surface area contributed by atoms with E-state index in [-0.39, 0.29) is 12.7 Å². The van der Waals surface area contributed by atoms with Gasteiger partial charge in [0.2, 0.25) is 12.7 Å². The largest absolute Gasteiger partial charge is 0.454 e. The summed E-state index contributed by atoms with van der Waals surface area (Å²) in [6.07, 6.45) is 2.15. The van der Waals surface area contributed by atoms with E-state index in [0.29, 0.717) is 12.3 Å². The maximum Gasteiger partial charge on any atom is 0.231 e. The second-order valence-electron chi connectivity index (χ2n) is 7.38. The van der Waals surface area contributed by atoms with Crippen LogP contribution >= 0.6 is 11.8 Å². The zero-order valence-corrected chi connectivity index (χ0v) is 17.7. The third-order valence-electron chi connectivity index (χ3n) is 5.23. The van der Waals surface area contributed by atoms with Crippen LogP contribution in [0.4, 0.5) is 0 Å².